The highest BCUT2D eigenvalue weighted by molar-refractivity contribution is 7.99. The highest BCUT2D eigenvalue weighted by Crippen LogP contribution is 2.22. The van der Waals surface area contributed by atoms with Crippen molar-refractivity contribution >= 4 is 34.1 Å². The van der Waals surface area contributed by atoms with Crippen LogP contribution in [0.5, 0.6) is 0 Å². The Morgan fingerprint density at radius 2 is 2.24 bits per heavy atom. The summed E-state index contributed by atoms with van der Waals surface area (Å²) in [4.78, 5) is 23.7. The Labute approximate surface area is 157 Å². The largest absolute Gasteiger partial charge is 0.298 e. The van der Waals surface area contributed by atoms with E-state index in [1.807, 2.05) is 11.4 Å². The minimum absolute atomic E-state index is 0.131. The lowest BCUT2D eigenvalue weighted by Gasteiger charge is -2.29. The van der Waals surface area contributed by atoms with Crippen LogP contribution in [0.1, 0.15) is 42.7 Å². The second-order valence-electron chi connectivity index (χ2n) is 6.37. The first kappa shape index (κ1) is 18.4. The van der Waals surface area contributed by atoms with Gasteiger partial charge in [-0.2, -0.15) is 0 Å². The zero-order valence-electron chi connectivity index (χ0n) is 14.7. The predicted molar refractivity (Wildman–Crippen MR) is 104 cm³/mol. The van der Waals surface area contributed by atoms with Gasteiger partial charge in [-0.05, 0) is 49.7 Å². The predicted octanol–water partition coefficient (Wildman–Crippen LogP) is 4.13. The molecule has 0 aromatic carbocycles. The third-order valence-corrected chi connectivity index (χ3v) is 5.94. The summed E-state index contributed by atoms with van der Waals surface area (Å²) in [5.74, 6) is 1.63. The molecule has 0 aliphatic carbocycles. The fourth-order valence-corrected chi connectivity index (χ4v) is 4.17. The first-order chi connectivity index (χ1) is 12.1. The molecule has 3 rings (SSSR count). The molecule has 1 N–H and O–H groups in total. The van der Waals surface area contributed by atoms with Gasteiger partial charge in [0.15, 0.2) is 5.13 Å². The molecule has 25 heavy (non-hydrogen) atoms. The van der Waals surface area contributed by atoms with Crippen molar-refractivity contribution in [1.29, 1.82) is 0 Å². The van der Waals surface area contributed by atoms with E-state index in [9.17, 15) is 4.79 Å². The van der Waals surface area contributed by atoms with Crippen LogP contribution in [0.15, 0.2) is 28.7 Å². The van der Waals surface area contributed by atoms with Crippen LogP contribution < -0.4 is 5.32 Å². The van der Waals surface area contributed by atoms with Crippen molar-refractivity contribution in [3.8, 4) is 0 Å². The van der Waals surface area contributed by atoms with Crippen molar-refractivity contribution < 1.29 is 4.79 Å². The summed E-state index contributed by atoms with van der Waals surface area (Å²) in [6.45, 7) is 7.52. The molecule has 2 aromatic heterocycles. The van der Waals surface area contributed by atoms with Gasteiger partial charge < -0.3 is 0 Å². The molecular weight excluding hydrogens is 352 g/mol. The van der Waals surface area contributed by atoms with E-state index in [2.05, 4.69) is 34.0 Å². The number of carbonyl (C=O) groups is 1. The fourth-order valence-electron chi connectivity index (χ4n) is 2.83. The van der Waals surface area contributed by atoms with Crippen molar-refractivity contribution in [1.82, 2.24) is 14.9 Å². The van der Waals surface area contributed by atoms with Gasteiger partial charge in [-0.25, -0.2) is 9.97 Å². The number of likely N-dealkylation sites (tertiary alicyclic amines) is 1. The fraction of sp³-hybridized carbons (Fsp3) is 0.500. The molecule has 0 radical (unpaired) electrons. The topological polar surface area (TPSA) is 58.1 Å². The van der Waals surface area contributed by atoms with Gasteiger partial charge in [0.1, 0.15) is 0 Å². The van der Waals surface area contributed by atoms with E-state index in [1.54, 1.807) is 24.0 Å². The highest BCUT2D eigenvalue weighted by atomic mass is 32.2. The van der Waals surface area contributed by atoms with Crippen LogP contribution in [-0.2, 0) is 6.54 Å². The molecule has 1 amide bonds. The Balaban J connectivity index is 1.57. The highest BCUT2D eigenvalue weighted by Gasteiger charge is 2.17. The number of nitrogens with zero attached hydrogens (tertiary/aromatic N) is 3. The Kier molecular flexibility index (Phi) is 6.45. The van der Waals surface area contributed by atoms with E-state index in [0.29, 0.717) is 10.7 Å². The third-order valence-electron chi connectivity index (χ3n) is 4.32. The molecular formula is C18H24N4OS2. The maximum atomic E-state index is 12.4. The molecule has 0 bridgehead atoms. The summed E-state index contributed by atoms with van der Waals surface area (Å²) in [6, 6.07) is 3.56. The molecule has 0 saturated carbocycles. The standard InChI is InChI=1S/C18H24N4OS2/c1-3-24-16-10-14(4-7-19-16)17(23)21-18-20-15(12-25-18)11-22-8-5-13(2)6-9-22/h4,7,10,12-13H,3,5-6,8-9,11H2,1-2H3,(H,20,21,23). The molecule has 1 fully saturated rings. The van der Waals surface area contributed by atoms with Gasteiger partial charge >= 0.3 is 0 Å². The maximum Gasteiger partial charge on any atom is 0.257 e. The molecule has 1 saturated heterocycles. The molecule has 3 heterocycles. The lowest BCUT2D eigenvalue weighted by atomic mass is 9.99. The number of thiazole rings is 1. The number of carbonyl (C=O) groups excluding carboxylic acids is 1. The van der Waals surface area contributed by atoms with Gasteiger partial charge in [-0.3, -0.25) is 15.0 Å². The van der Waals surface area contributed by atoms with Gasteiger partial charge in [-0.1, -0.05) is 13.8 Å². The average Bonchev–Trinajstić information content (AvgIpc) is 3.04. The molecule has 0 spiro atoms. The summed E-state index contributed by atoms with van der Waals surface area (Å²) >= 11 is 3.11. The van der Waals surface area contributed by atoms with Gasteiger partial charge in [0.05, 0.1) is 10.7 Å². The van der Waals surface area contributed by atoms with Gasteiger partial charge in [0.25, 0.3) is 5.91 Å². The minimum atomic E-state index is -0.131. The van der Waals surface area contributed by atoms with Crippen LogP contribution in [0.4, 0.5) is 5.13 Å². The summed E-state index contributed by atoms with van der Waals surface area (Å²) in [5, 5.41) is 6.47. The lowest BCUT2D eigenvalue weighted by Crippen LogP contribution is -2.32. The molecule has 0 atom stereocenters. The zero-order valence-corrected chi connectivity index (χ0v) is 16.3. The van der Waals surface area contributed by atoms with Gasteiger partial charge in [-0.15, -0.1) is 23.1 Å². The third kappa shape index (κ3) is 5.26. The van der Waals surface area contributed by atoms with Gasteiger partial charge in [0.2, 0.25) is 0 Å². The minimum Gasteiger partial charge on any atom is -0.298 e. The second-order valence-corrected chi connectivity index (χ2v) is 8.51. The van der Waals surface area contributed by atoms with Crippen molar-refractivity contribution in [3.05, 3.63) is 35.0 Å². The molecule has 134 valence electrons. The van der Waals surface area contributed by atoms with E-state index in [1.165, 1.54) is 24.2 Å². The van der Waals surface area contributed by atoms with Crippen LogP contribution >= 0.6 is 23.1 Å². The number of pyridine rings is 1. The van der Waals surface area contributed by atoms with E-state index < -0.39 is 0 Å². The zero-order chi connectivity index (χ0) is 17.6. The van der Waals surface area contributed by atoms with Gasteiger partial charge in [0, 0.05) is 23.7 Å². The number of nitrogens with one attached hydrogen (secondary N) is 1. The number of aromatic nitrogens is 2. The van der Waals surface area contributed by atoms with Crippen LogP contribution in [0.25, 0.3) is 0 Å². The number of rotatable bonds is 6. The molecule has 0 unspecified atom stereocenters. The number of piperidine rings is 1. The number of anilines is 1. The second kappa shape index (κ2) is 8.78. The van der Waals surface area contributed by atoms with Crippen LogP contribution in [-0.4, -0.2) is 39.6 Å². The Bertz CT molecular complexity index is 711. The van der Waals surface area contributed by atoms with Crippen LogP contribution in [0.3, 0.4) is 0 Å². The maximum absolute atomic E-state index is 12.4. The molecule has 2 aromatic rings. The van der Waals surface area contributed by atoms with E-state index >= 15 is 0 Å². The van der Waals surface area contributed by atoms with Crippen LogP contribution in [0, 0.1) is 5.92 Å². The average molecular weight is 377 g/mol. The lowest BCUT2D eigenvalue weighted by molar-refractivity contribution is 0.102. The number of thioether (sulfide) groups is 1. The smallest absolute Gasteiger partial charge is 0.257 e. The van der Waals surface area contributed by atoms with E-state index in [4.69, 9.17) is 0 Å². The van der Waals surface area contributed by atoms with Crippen molar-refractivity contribution in [3.63, 3.8) is 0 Å². The number of hydrogen-bond donors (Lipinski definition) is 1. The van der Waals surface area contributed by atoms with Crippen molar-refractivity contribution in [2.75, 3.05) is 24.2 Å². The molecule has 5 nitrogen and oxygen atoms in total. The molecule has 1 aliphatic heterocycles. The summed E-state index contributed by atoms with van der Waals surface area (Å²) in [7, 11) is 0. The Morgan fingerprint density at radius 3 is 3.00 bits per heavy atom. The Hall–Kier alpha value is -1.44. The summed E-state index contributed by atoms with van der Waals surface area (Å²) in [6.07, 6.45) is 4.19. The first-order valence-corrected chi connectivity index (χ1v) is 10.6. The van der Waals surface area contributed by atoms with Crippen molar-refractivity contribution in [2.24, 2.45) is 5.92 Å². The molecule has 1 aliphatic rings. The quantitative estimate of drug-likeness (QED) is 0.768. The monoisotopic (exact) mass is 376 g/mol. The van der Waals surface area contributed by atoms with E-state index in [0.717, 1.165) is 42.0 Å². The number of amides is 1. The molecule has 7 heteroatoms. The first-order valence-electron chi connectivity index (χ1n) is 8.71. The normalized spacial score (nSPS) is 16.1. The Morgan fingerprint density at radius 1 is 1.44 bits per heavy atom. The summed E-state index contributed by atoms with van der Waals surface area (Å²) in [5.41, 5.74) is 1.65. The number of hydrogen-bond acceptors (Lipinski definition) is 6. The van der Waals surface area contributed by atoms with E-state index in [-0.39, 0.29) is 5.91 Å². The summed E-state index contributed by atoms with van der Waals surface area (Å²) < 4.78 is 0. The van der Waals surface area contributed by atoms with Crippen LogP contribution in [0.2, 0.25) is 0 Å². The SMILES string of the molecule is CCSc1cc(C(=O)Nc2nc(CN3CCC(C)CC3)cs2)ccn1. The van der Waals surface area contributed by atoms with Crippen molar-refractivity contribution in [2.45, 2.75) is 38.3 Å².